The molecule has 29 heavy (non-hydrogen) atoms. The van der Waals surface area contributed by atoms with E-state index in [1.807, 2.05) is 49.5 Å². The predicted octanol–water partition coefficient (Wildman–Crippen LogP) is 1.48. The van der Waals surface area contributed by atoms with Crippen LogP contribution in [0.4, 0.5) is 11.4 Å². The molecule has 0 fully saturated rings. The molecule has 0 aliphatic carbocycles. The number of nitrogens with zero attached hydrogens (tertiary/aromatic N) is 1. The van der Waals surface area contributed by atoms with E-state index in [-0.39, 0.29) is 18.4 Å². The van der Waals surface area contributed by atoms with Gasteiger partial charge in [0.05, 0.1) is 32.6 Å². The Balaban J connectivity index is 1.78. The summed E-state index contributed by atoms with van der Waals surface area (Å²) in [4.78, 5) is 28.4. The highest BCUT2D eigenvalue weighted by atomic mass is 16.5. The molecule has 2 N–H and O–H groups in total. The monoisotopic (exact) mass is 398 g/mol. The normalized spacial score (nSPS) is 15.9. The highest BCUT2D eigenvalue weighted by Gasteiger charge is 2.44. The molecular formula is C22H28N3O4+. The zero-order chi connectivity index (χ0) is 21.2. The van der Waals surface area contributed by atoms with Gasteiger partial charge in [-0.3, -0.25) is 14.5 Å². The highest BCUT2D eigenvalue weighted by molar-refractivity contribution is 6.14. The summed E-state index contributed by atoms with van der Waals surface area (Å²) in [6, 6.07) is 13.1. The number of rotatable bonds is 6. The second kappa shape index (κ2) is 8.13. The Morgan fingerprint density at radius 2 is 1.79 bits per heavy atom. The van der Waals surface area contributed by atoms with Crippen LogP contribution in [0.3, 0.4) is 0 Å². The number of hydrogen-bond donors (Lipinski definition) is 2. The van der Waals surface area contributed by atoms with E-state index in [0.717, 1.165) is 16.2 Å². The van der Waals surface area contributed by atoms with Crippen molar-refractivity contribution in [1.82, 2.24) is 0 Å². The zero-order valence-electron chi connectivity index (χ0n) is 17.5. The van der Waals surface area contributed by atoms with E-state index in [4.69, 9.17) is 9.47 Å². The molecule has 0 aromatic heterocycles. The van der Waals surface area contributed by atoms with Gasteiger partial charge < -0.3 is 19.7 Å². The van der Waals surface area contributed by atoms with Gasteiger partial charge in [-0.05, 0) is 44.2 Å². The molecule has 154 valence electrons. The van der Waals surface area contributed by atoms with E-state index >= 15 is 0 Å². The van der Waals surface area contributed by atoms with Crippen LogP contribution in [0.15, 0.2) is 42.5 Å². The second-order valence-corrected chi connectivity index (χ2v) is 7.76. The summed E-state index contributed by atoms with van der Waals surface area (Å²) < 4.78 is 10.6. The van der Waals surface area contributed by atoms with Gasteiger partial charge in [0.25, 0.3) is 5.91 Å². The van der Waals surface area contributed by atoms with E-state index in [9.17, 15) is 9.59 Å². The topological polar surface area (TPSA) is 72.3 Å². The van der Waals surface area contributed by atoms with Gasteiger partial charge in [-0.2, -0.15) is 0 Å². The Bertz CT molecular complexity index is 926. The van der Waals surface area contributed by atoms with Crippen molar-refractivity contribution in [3.8, 4) is 11.5 Å². The third-order valence-electron chi connectivity index (χ3n) is 5.16. The molecule has 0 radical (unpaired) electrons. The third-order valence-corrected chi connectivity index (χ3v) is 5.16. The van der Waals surface area contributed by atoms with Gasteiger partial charge in [-0.15, -0.1) is 0 Å². The Kier molecular flexibility index (Phi) is 5.79. The molecule has 7 heteroatoms. The lowest BCUT2D eigenvalue weighted by atomic mass is 9.96. The average molecular weight is 398 g/mol. The molecule has 1 aliphatic heterocycles. The van der Waals surface area contributed by atoms with Gasteiger partial charge >= 0.3 is 0 Å². The van der Waals surface area contributed by atoms with Gasteiger partial charge in [-0.25, -0.2) is 0 Å². The Morgan fingerprint density at radius 3 is 2.48 bits per heavy atom. The van der Waals surface area contributed by atoms with Gasteiger partial charge in [0.1, 0.15) is 12.1 Å². The molecule has 2 aromatic carbocycles. The van der Waals surface area contributed by atoms with Gasteiger partial charge in [0, 0.05) is 5.56 Å². The fraction of sp³-hybridized carbons (Fsp3) is 0.364. The molecule has 2 amide bonds. The summed E-state index contributed by atoms with van der Waals surface area (Å²) in [5.41, 5.74) is 1.45. The van der Waals surface area contributed by atoms with Crippen molar-refractivity contribution in [2.24, 2.45) is 0 Å². The van der Waals surface area contributed by atoms with Crippen LogP contribution in [0, 0.1) is 0 Å². The largest absolute Gasteiger partial charge is 0.493 e. The van der Waals surface area contributed by atoms with Crippen LogP contribution in [0.2, 0.25) is 0 Å². The highest BCUT2D eigenvalue weighted by Crippen LogP contribution is 2.36. The standard InChI is InChI=1S/C22H27N3O4/c1-22(2)21(27)23-16-8-6-7-9-17(16)25(22)20(26)14-24(3)13-15-10-11-18(28-4)19(12-15)29-5/h6-12H,13-14H2,1-5H3,(H,23,27)/p+1. The number of carbonyl (C=O) groups is 2. The van der Waals surface area contributed by atoms with E-state index in [1.54, 1.807) is 33.0 Å². The number of amides is 2. The molecule has 1 unspecified atom stereocenters. The molecule has 1 aliphatic rings. The van der Waals surface area contributed by atoms with Crippen molar-refractivity contribution in [2.45, 2.75) is 25.9 Å². The lowest BCUT2D eigenvalue weighted by Gasteiger charge is -2.42. The Morgan fingerprint density at radius 1 is 1.10 bits per heavy atom. The van der Waals surface area contributed by atoms with Crippen molar-refractivity contribution in [3.05, 3.63) is 48.0 Å². The Hall–Kier alpha value is -3.06. The Labute approximate surface area is 171 Å². The first-order chi connectivity index (χ1) is 13.8. The van der Waals surface area contributed by atoms with Crippen LogP contribution in [-0.4, -0.2) is 45.2 Å². The maximum absolute atomic E-state index is 13.2. The van der Waals surface area contributed by atoms with Crippen LogP contribution in [0.5, 0.6) is 11.5 Å². The average Bonchev–Trinajstić information content (AvgIpc) is 2.68. The summed E-state index contributed by atoms with van der Waals surface area (Å²) in [5, 5.41) is 2.89. The van der Waals surface area contributed by atoms with Crippen LogP contribution in [0.1, 0.15) is 19.4 Å². The lowest BCUT2D eigenvalue weighted by molar-refractivity contribution is -0.885. The lowest BCUT2D eigenvalue weighted by Crippen LogP contribution is -3.09. The maximum atomic E-state index is 13.2. The first-order valence-electron chi connectivity index (χ1n) is 9.53. The zero-order valence-corrected chi connectivity index (χ0v) is 17.5. The number of anilines is 2. The van der Waals surface area contributed by atoms with E-state index in [1.165, 1.54) is 0 Å². The number of nitrogens with one attached hydrogen (secondary N) is 2. The SMILES string of the molecule is COc1ccc(C[NH+](C)CC(=O)N2c3ccccc3NC(=O)C2(C)C)cc1OC. The summed E-state index contributed by atoms with van der Waals surface area (Å²) in [5.74, 6) is 1.03. The summed E-state index contributed by atoms with van der Waals surface area (Å²) in [6.07, 6.45) is 0. The quantitative estimate of drug-likeness (QED) is 0.773. The number of para-hydroxylation sites is 2. The number of carbonyl (C=O) groups excluding carboxylic acids is 2. The van der Waals surface area contributed by atoms with Crippen molar-refractivity contribution < 1.29 is 24.0 Å². The van der Waals surface area contributed by atoms with Crippen molar-refractivity contribution >= 4 is 23.2 Å². The second-order valence-electron chi connectivity index (χ2n) is 7.76. The van der Waals surface area contributed by atoms with Gasteiger partial charge in [-0.1, -0.05) is 12.1 Å². The fourth-order valence-corrected chi connectivity index (χ4v) is 3.64. The number of methoxy groups -OCH3 is 2. The van der Waals surface area contributed by atoms with Crippen molar-refractivity contribution in [1.29, 1.82) is 0 Å². The minimum atomic E-state index is -0.963. The number of benzene rings is 2. The molecule has 0 saturated heterocycles. The van der Waals surface area contributed by atoms with Gasteiger partial charge in [0.2, 0.25) is 5.91 Å². The minimum Gasteiger partial charge on any atom is -0.493 e. The first kappa shape index (κ1) is 20.7. The molecule has 0 spiro atoms. The van der Waals surface area contributed by atoms with Crippen molar-refractivity contribution in [2.75, 3.05) is 38.0 Å². The molecule has 1 heterocycles. The van der Waals surface area contributed by atoms with Crippen LogP contribution >= 0.6 is 0 Å². The number of ether oxygens (including phenoxy) is 2. The van der Waals surface area contributed by atoms with E-state index in [0.29, 0.717) is 23.7 Å². The van der Waals surface area contributed by atoms with E-state index < -0.39 is 5.54 Å². The molecule has 0 bridgehead atoms. The fourth-order valence-electron chi connectivity index (χ4n) is 3.64. The number of hydrogen-bond acceptors (Lipinski definition) is 4. The molecule has 2 aromatic rings. The number of quaternary nitrogens is 1. The van der Waals surface area contributed by atoms with E-state index in [2.05, 4.69) is 5.32 Å². The smallest absolute Gasteiger partial charge is 0.283 e. The summed E-state index contributed by atoms with van der Waals surface area (Å²) in [7, 11) is 5.15. The summed E-state index contributed by atoms with van der Waals surface area (Å²) in [6.45, 7) is 4.41. The predicted molar refractivity (Wildman–Crippen MR) is 112 cm³/mol. The molecule has 7 nitrogen and oxygen atoms in total. The molecule has 3 rings (SSSR count). The van der Waals surface area contributed by atoms with Crippen molar-refractivity contribution in [3.63, 3.8) is 0 Å². The minimum absolute atomic E-state index is 0.102. The summed E-state index contributed by atoms with van der Waals surface area (Å²) >= 11 is 0. The number of fused-ring (bicyclic) bond motifs is 1. The maximum Gasteiger partial charge on any atom is 0.283 e. The van der Waals surface area contributed by atoms with Crippen LogP contribution in [-0.2, 0) is 16.1 Å². The molecular weight excluding hydrogens is 370 g/mol. The van der Waals surface area contributed by atoms with Crippen LogP contribution in [0.25, 0.3) is 0 Å². The molecule has 0 saturated carbocycles. The first-order valence-corrected chi connectivity index (χ1v) is 9.53. The van der Waals surface area contributed by atoms with Gasteiger partial charge in [0.15, 0.2) is 18.0 Å². The number of likely N-dealkylation sites (N-methyl/N-ethyl adjacent to an activating group) is 1. The van der Waals surface area contributed by atoms with Crippen LogP contribution < -0.4 is 24.6 Å². The third kappa shape index (κ3) is 4.05. The molecule has 1 atom stereocenters.